The number of aromatic carboxylic acids is 1. The van der Waals surface area contributed by atoms with E-state index < -0.39 is 5.97 Å². The number of unbranched alkanes of at least 4 members (excludes halogenated alkanes) is 1. The molecule has 1 fully saturated rings. The molecule has 5 nitrogen and oxygen atoms in total. The lowest BCUT2D eigenvalue weighted by Gasteiger charge is -2.19. The van der Waals surface area contributed by atoms with Gasteiger partial charge in [0.25, 0.3) is 0 Å². The molecule has 1 heterocycles. The lowest BCUT2D eigenvalue weighted by molar-refractivity contribution is -0.117. The van der Waals surface area contributed by atoms with Gasteiger partial charge in [0.2, 0.25) is 0 Å². The Morgan fingerprint density at radius 3 is 2.23 bits per heavy atom. The molecule has 0 bridgehead atoms. The maximum Gasteiger partial charge on any atom is 0.335 e. The maximum atomic E-state index is 11.4. The first kappa shape index (κ1) is 29.5. The van der Waals surface area contributed by atoms with E-state index in [-0.39, 0.29) is 5.78 Å². The summed E-state index contributed by atoms with van der Waals surface area (Å²) in [6.45, 7) is 5.65. The lowest BCUT2D eigenvalue weighted by atomic mass is 9.88. The number of hydrogen-bond donors (Lipinski definition) is 1. The highest BCUT2D eigenvalue weighted by atomic mass is 16.5. The van der Waals surface area contributed by atoms with Crippen LogP contribution in [0, 0.1) is 5.92 Å². The molecule has 1 aliphatic rings. The third-order valence-corrected chi connectivity index (χ3v) is 7.93. The van der Waals surface area contributed by atoms with E-state index in [1.807, 2.05) is 18.2 Å². The zero-order valence-corrected chi connectivity index (χ0v) is 23.8. The van der Waals surface area contributed by atoms with Crippen molar-refractivity contribution in [3.63, 3.8) is 0 Å². The molecule has 0 aliphatic carbocycles. The van der Waals surface area contributed by atoms with Crippen molar-refractivity contribution in [2.45, 2.75) is 77.9 Å². The SMILES string of the molecule is CC(=O)CCCCC(CCc1ccccc1OCc1ccc(CN2CCCC2)cc1)Cc1ccc(C(=O)O)cc1. The van der Waals surface area contributed by atoms with Crippen LogP contribution in [-0.4, -0.2) is 34.8 Å². The fraction of sp³-hybridized carbons (Fsp3) is 0.429. The minimum Gasteiger partial charge on any atom is -0.489 e. The molecule has 1 unspecified atom stereocenters. The van der Waals surface area contributed by atoms with Crippen LogP contribution in [0.15, 0.2) is 72.8 Å². The summed E-state index contributed by atoms with van der Waals surface area (Å²) in [5.41, 5.74) is 5.21. The number of rotatable bonds is 16. The first-order valence-electron chi connectivity index (χ1n) is 14.8. The largest absolute Gasteiger partial charge is 0.489 e. The highest BCUT2D eigenvalue weighted by Crippen LogP contribution is 2.26. The minimum absolute atomic E-state index is 0.244. The highest BCUT2D eigenvalue weighted by molar-refractivity contribution is 5.87. The van der Waals surface area contributed by atoms with Crippen molar-refractivity contribution in [2.75, 3.05) is 13.1 Å². The smallest absolute Gasteiger partial charge is 0.335 e. The predicted molar refractivity (Wildman–Crippen MR) is 160 cm³/mol. The number of carboxylic acid groups (broad SMARTS) is 1. The number of carboxylic acids is 1. The minimum atomic E-state index is -0.901. The Labute approximate surface area is 239 Å². The maximum absolute atomic E-state index is 11.4. The van der Waals surface area contributed by atoms with Gasteiger partial charge in [-0.15, -0.1) is 0 Å². The summed E-state index contributed by atoms with van der Waals surface area (Å²) in [4.78, 5) is 25.2. The summed E-state index contributed by atoms with van der Waals surface area (Å²) in [6.07, 6.45) is 9.05. The van der Waals surface area contributed by atoms with Gasteiger partial charge in [-0.05, 0) is 105 Å². The topological polar surface area (TPSA) is 66.8 Å². The number of para-hydroxylation sites is 1. The van der Waals surface area contributed by atoms with Gasteiger partial charge in [-0.3, -0.25) is 4.90 Å². The van der Waals surface area contributed by atoms with E-state index in [1.54, 1.807) is 19.1 Å². The van der Waals surface area contributed by atoms with Crippen molar-refractivity contribution in [1.29, 1.82) is 0 Å². The molecule has 0 radical (unpaired) electrons. The van der Waals surface area contributed by atoms with Gasteiger partial charge in [-0.2, -0.15) is 0 Å². The predicted octanol–water partition coefficient (Wildman–Crippen LogP) is 7.50. The first-order chi connectivity index (χ1) is 19.5. The molecular formula is C35H43NO4. The van der Waals surface area contributed by atoms with Gasteiger partial charge >= 0.3 is 5.97 Å². The number of hydrogen-bond acceptors (Lipinski definition) is 4. The van der Waals surface area contributed by atoms with Crippen LogP contribution < -0.4 is 4.74 Å². The molecule has 0 spiro atoms. The molecule has 40 heavy (non-hydrogen) atoms. The normalized spacial score (nSPS) is 14.2. The number of aryl methyl sites for hydroxylation is 1. The number of carbonyl (C=O) groups is 2. The molecule has 1 atom stereocenters. The van der Waals surface area contributed by atoms with E-state index in [0.29, 0.717) is 24.5 Å². The van der Waals surface area contributed by atoms with Crippen LogP contribution >= 0.6 is 0 Å². The molecule has 5 heteroatoms. The van der Waals surface area contributed by atoms with Gasteiger partial charge in [0, 0.05) is 13.0 Å². The Bertz CT molecular complexity index is 1210. The van der Waals surface area contributed by atoms with E-state index in [4.69, 9.17) is 4.74 Å². The number of carbonyl (C=O) groups excluding carboxylic acids is 1. The molecule has 3 aromatic carbocycles. The van der Waals surface area contributed by atoms with E-state index in [1.165, 1.54) is 42.6 Å². The number of benzene rings is 3. The first-order valence-corrected chi connectivity index (χ1v) is 14.8. The Hall–Kier alpha value is -3.44. The molecule has 1 N–H and O–H groups in total. The molecule has 0 aromatic heterocycles. The monoisotopic (exact) mass is 541 g/mol. The second kappa shape index (κ2) is 15.4. The van der Waals surface area contributed by atoms with Crippen molar-refractivity contribution in [2.24, 2.45) is 5.92 Å². The molecule has 4 rings (SSSR count). The lowest BCUT2D eigenvalue weighted by Crippen LogP contribution is -2.18. The van der Waals surface area contributed by atoms with Crippen molar-refractivity contribution in [1.82, 2.24) is 4.90 Å². The third-order valence-electron chi connectivity index (χ3n) is 7.93. The highest BCUT2D eigenvalue weighted by Gasteiger charge is 2.14. The van der Waals surface area contributed by atoms with Crippen LogP contribution in [-0.2, 0) is 30.8 Å². The van der Waals surface area contributed by atoms with Crippen LogP contribution in [0.25, 0.3) is 0 Å². The Morgan fingerprint density at radius 2 is 1.52 bits per heavy atom. The van der Waals surface area contributed by atoms with Crippen LogP contribution in [0.2, 0.25) is 0 Å². The third kappa shape index (κ3) is 9.63. The van der Waals surface area contributed by atoms with Crippen molar-refractivity contribution < 1.29 is 19.4 Å². The van der Waals surface area contributed by atoms with E-state index >= 15 is 0 Å². The molecule has 1 saturated heterocycles. The number of Topliss-reactive ketones (excluding diaryl/α,β-unsaturated/α-hetero) is 1. The van der Waals surface area contributed by atoms with Crippen LogP contribution in [0.3, 0.4) is 0 Å². The summed E-state index contributed by atoms with van der Waals surface area (Å²) in [7, 11) is 0. The average molecular weight is 542 g/mol. The molecule has 3 aromatic rings. The van der Waals surface area contributed by atoms with E-state index in [2.05, 4.69) is 47.4 Å². The summed E-state index contributed by atoms with van der Waals surface area (Å²) < 4.78 is 6.30. The van der Waals surface area contributed by atoms with Gasteiger partial charge in [0.05, 0.1) is 5.56 Å². The summed E-state index contributed by atoms with van der Waals surface area (Å²) in [5.74, 6) is 0.721. The number of ether oxygens (including phenoxy) is 1. The Morgan fingerprint density at radius 1 is 0.850 bits per heavy atom. The van der Waals surface area contributed by atoms with Crippen molar-refractivity contribution in [3.8, 4) is 5.75 Å². The van der Waals surface area contributed by atoms with E-state index in [0.717, 1.165) is 56.4 Å². The molecule has 212 valence electrons. The molecule has 0 amide bonds. The number of ketones is 1. The van der Waals surface area contributed by atoms with Crippen molar-refractivity contribution >= 4 is 11.8 Å². The fourth-order valence-electron chi connectivity index (χ4n) is 5.58. The average Bonchev–Trinajstić information content (AvgIpc) is 3.47. The summed E-state index contributed by atoms with van der Waals surface area (Å²) >= 11 is 0. The zero-order chi connectivity index (χ0) is 28.2. The number of nitrogens with zero attached hydrogens (tertiary/aromatic N) is 1. The van der Waals surface area contributed by atoms with Crippen molar-refractivity contribution in [3.05, 3.63) is 101 Å². The Balaban J connectivity index is 1.33. The van der Waals surface area contributed by atoms with Crippen LogP contribution in [0.1, 0.15) is 84.5 Å². The summed E-state index contributed by atoms with van der Waals surface area (Å²) in [5, 5.41) is 9.22. The molecule has 0 saturated carbocycles. The van der Waals surface area contributed by atoms with Gasteiger partial charge in [-0.25, -0.2) is 4.79 Å². The summed E-state index contributed by atoms with van der Waals surface area (Å²) in [6, 6.07) is 24.4. The van der Waals surface area contributed by atoms with Gasteiger partial charge in [0.15, 0.2) is 0 Å². The van der Waals surface area contributed by atoms with Crippen LogP contribution in [0.4, 0.5) is 0 Å². The Kier molecular flexibility index (Phi) is 11.4. The van der Waals surface area contributed by atoms with Gasteiger partial charge < -0.3 is 14.6 Å². The van der Waals surface area contributed by atoms with E-state index in [9.17, 15) is 14.7 Å². The van der Waals surface area contributed by atoms with Gasteiger partial charge in [0.1, 0.15) is 18.1 Å². The second-order valence-corrected chi connectivity index (χ2v) is 11.3. The second-order valence-electron chi connectivity index (χ2n) is 11.3. The fourth-order valence-corrected chi connectivity index (χ4v) is 5.58. The van der Waals surface area contributed by atoms with Gasteiger partial charge in [-0.1, -0.05) is 67.4 Å². The standard InChI is InChI=1S/C35H43NO4/c1-27(37)8-2-3-9-28(24-29-17-20-33(21-18-29)35(38)39)16-19-32-10-4-5-11-34(32)40-26-31-14-12-30(13-15-31)25-36-22-6-7-23-36/h4-5,10-15,17-18,20-21,28H,2-3,6-9,16,19,22-26H2,1H3,(H,38,39). The number of likely N-dealkylation sites (tertiary alicyclic amines) is 1. The quantitative estimate of drug-likeness (QED) is 0.190. The zero-order valence-electron chi connectivity index (χ0n) is 23.8. The molecule has 1 aliphatic heterocycles. The molecular weight excluding hydrogens is 498 g/mol. The van der Waals surface area contributed by atoms with Crippen LogP contribution in [0.5, 0.6) is 5.75 Å².